The number of carboxylic acid groups (broad SMARTS) is 1. The van der Waals surface area contributed by atoms with Crippen molar-refractivity contribution in [2.24, 2.45) is 14.1 Å². The van der Waals surface area contributed by atoms with Crippen molar-refractivity contribution in [3.63, 3.8) is 0 Å². The molecule has 0 saturated carbocycles. The summed E-state index contributed by atoms with van der Waals surface area (Å²) in [4.78, 5) is 11.9. The Kier molecular flexibility index (Phi) is 5.28. The summed E-state index contributed by atoms with van der Waals surface area (Å²) in [6.45, 7) is 1.59. The summed E-state index contributed by atoms with van der Waals surface area (Å²) >= 11 is 6.55. The third-order valence-electron chi connectivity index (χ3n) is 4.94. The molecule has 0 fully saturated rings. The number of benzene rings is 1. The van der Waals surface area contributed by atoms with Gasteiger partial charge in [0.1, 0.15) is 5.69 Å². The number of aromatic nitrogens is 3. The van der Waals surface area contributed by atoms with E-state index in [1.807, 2.05) is 13.0 Å². The molecule has 144 valence electrons. The Labute approximate surface area is 161 Å². The number of aryl methyl sites for hydroxylation is 4. The van der Waals surface area contributed by atoms with Gasteiger partial charge in [0.2, 0.25) is 0 Å². The highest BCUT2D eigenvalue weighted by atomic mass is 35.5. The second kappa shape index (κ2) is 7.34. The number of halogens is 1. The minimum Gasteiger partial charge on any atom is -0.477 e. The molecular formula is C19H22ClN3O4. The summed E-state index contributed by atoms with van der Waals surface area (Å²) in [5, 5.41) is 34.4. The highest BCUT2D eigenvalue weighted by Crippen LogP contribution is 2.41. The molecule has 1 aromatic carbocycles. The number of aliphatic hydroxyl groups excluding tert-OH is 2. The molecule has 7 nitrogen and oxygen atoms in total. The van der Waals surface area contributed by atoms with E-state index in [-0.39, 0.29) is 18.9 Å². The average Bonchev–Trinajstić information content (AvgIpc) is 3.06. The van der Waals surface area contributed by atoms with Crippen LogP contribution in [0.15, 0.2) is 12.1 Å². The first-order valence-electron chi connectivity index (χ1n) is 8.61. The zero-order chi connectivity index (χ0) is 19.9. The Bertz CT molecular complexity index is 1040. The Hall–Kier alpha value is -2.35. The molecule has 2 aromatic heterocycles. The minimum atomic E-state index is -1.03. The van der Waals surface area contributed by atoms with Gasteiger partial charge in [-0.25, -0.2) is 4.79 Å². The van der Waals surface area contributed by atoms with Crippen LogP contribution in [0.3, 0.4) is 0 Å². The van der Waals surface area contributed by atoms with Crippen LogP contribution in [-0.4, -0.2) is 42.2 Å². The van der Waals surface area contributed by atoms with Crippen molar-refractivity contribution in [3.8, 4) is 11.1 Å². The smallest absolute Gasteiger partial charge is 0.352 e. The monoisotopic (exact) mass is 391 g/mol. The number of aliphatic hydroxyl groups is 2. The largest absolute Gasteiger partial charge is 0.477 e. The number of hydrogen-bond acceptors (Lipinski definition) is 4. The number of carboxylic acids is 1. The van der Waals surface area contributed by atoms with Crippen LogP contribution in [0.25, 0.3) is 22.0 Å². The van der Waals surface area contributed by atoms with Crippen LogP contribution in [-0.2, 0) is 27.1 Å². The SMILES string of the molecule is Cc1nn(C)c(CO)c1-c1c(Cl)ccc2c(CCCO)c(C(=O)O)n(C)c12. The minimum absolute atomic E-state index is 0.0216. The van der Waals surface area contributed by atoms with Crippen molar-refractivity contribution in [2.45, 2.75) is 26.4 Å². The zero-order valence-corrected chi connectivity index (χ0v) is 16.2. The molecule has 0 atom stereocenters. The van der Waals surface area contributed by atoms with Crippen molar-refractivity contribution < 1.29 is 20.1 Å². The molecule has 3 rings (SSSR count). The Balaban J connectivity index is 2.45. The summed E-state index contributed by atoms with van der Waals surface area (Å²) in [7, 11) is 3.44. The van der Waals surface area contributed by atoms with E-state index in [9.17, 15) is 20.1 Å². The Morgan fingerprint density at radius 1 is 1.22 bits per heavy atom. The van der Waals surface area contributed by atoms with Gasteiger partial charge in [0.15, 0.2) is 0 Å². The quantitative estimate of drug-likeness (QED) is 0.599. The molecule has 0 amide bonds. The fourth-order valence-electron chi connectivity index (χ4n) is 3.83. The third-order valence-corrected chi connectivity index (χ3v) is 5.25. The van der Waals surface area contributed by atoms with E-state index in [0.29, 0.717) is 51.5 Å². The lowest BCUT2D eigenvalue weighted by Crippen LogP contribution is -2.08. The van der Waals surface area contributed by atoms with E-state index < -0.39 is 5.97 Å². The highest BCUT2D eigenvalue weighted by Gasteiger charge is 2.26. The van der Waals surface area contributed by atoms with Gasteiger partial charge in [0.25, 0.3) is 0 Å². The molecule has 0 radical (unpaired) electrons. The van der Waals surface area contributed by atoms with E-state index in [1.54, 1.807) is 29.4 Å². The van der Waals surface area contributed by atoms with Gasteiger partial charge in [0, 0.05) is 37.2 Å². The molecule has 0 bridgehead atoms. The lowest BCUT2D eigenvalue weighted by Gasteiger charge is -2.11. The first kappa shape index (κ1) is 19.4. The number of carbonyl (C=O) groups is 1. The zero-order valence-electron chi connectivity index (χ0n) is 15.5. The Morgan fingerprint density at radius 3 is 2.52 bits per heavy atom. The van der Waals surface area contributed by atoms with Crippen LogP contribution >= 0.6 is 11.6 Å². The molecule has 3 aromatic rings. The van der Waals surface area contributed by atoms with Gasteiger partial charge in [-0.15, -0.1) is 0 Å². The maximum atomic E-state index is 11.9. The Morgan fingerprint density at radius 2 is 1.93 bits per heavy atom. The van der Waals surface area contributed by atoms with Gasteiger partial charge in [-0.3, -0.25) is 4.68 Å². The number of fused-ring (bicyclic) bond motifs is 1. The van der Waals surface area contributed by atoms with Gasteiger partial charge in [-0.1, -0.05) is 17.7 Å². The summed E-state index contributed by atoms with van der Waals surface area (Å²) in [6.07, 6.45) is 0.903. The molecule has 3 N–H and O–H groups in total. The molecule has 0 unspecified atom stereocenters. The lowest BCUT2D eigenvalue weighted by molar-refractivity contribution is 0.0685. The van der Waals surface area contributed by atoms with Crippen molar-refractivity contribution in [1.82, 2.24) is 14.3 Å². The van der Waals surface area contributed by atoms with Gasteiger partial charge in [-0.05, 0) is 31.4 Å². The van der Waals surface area contributed by atoms with Crippen molar-refractivity contribution in [1.29, 1.82) is 0 Å². The predicted octanol–water partition coefficient (Wildman–Crippen LogP) is 2.66. The second-order valence-corrected chi connectivity index (χ2v) is 6.93. The van der Waals surface area contributed by atoms with Crippen LogP contribution in [0.1, 0.15) is 33.9 Å². The van der Waals surface area contributed by atoms with Crippen LogP contribution in [0.5, 0.6) is 0 Å². The lowest BCUT2D eigenvalue weighted by atomic mass is 9.98. The van der Waals surface area contributed by atoms with Gasteiger partial charge < -0.3 is 19.9 Å². The third kappa shape index (κ3) is 3.01. The molecular weight excluding hydrogens is 370 g/mol. The molecule has 27 heavy (non-hydrogen) atoms. The van der Waals surface area contributed by atoms with E-state index in [0.717, 1.165) is 5.39 Å². The van der Waals surface area contributed by atoms with E-state index in [2.05, 4.69) is 5.10 Å². The molecule has 2 heterocycles. The van der Waals surface area contributed by atoms with Crippen LogP contribution in [0.2, 0.25) is 5.02 Å². The molecule has 0 aliphatic carbocycles. The molecule has 0 spiro atoms. The van der Waals surface area contributed by atoms with Crippen molar-refractivity contribution in [3.05, 3.63) is 39.8 Å². The normalized spacial score (nSPS) is 11.5. The standard InChI is InChI=1S/C19H22ClN3O4/c1-10-15(14(9-25)23(3)21-10)16-13(20)7-6-12-11(5-4-8-24)18(19(26)27)22(2)17(12)16/h6-7,24-25H,4-5,8-9H2,1-3H3,(H,26,27). The van der Waals surface area contributed by atoms with Crippen LogP contribution < -0.4 is 0 Å². The summed E-state index contributed by atoms with van der Waals surface area (Å²) in [6, 6.07) is 3.55. The maximum absolute atomic E-state index is 11.9. The summed E-state index contributed by atoms with van der Waals surface area (Å²) < 4.78 is 3.23. The van der Waals surface area contributed by atoms with Crippen molar-refractivity contribution in [2.75, 3.05) is 6.61 Å². The van der Waals surface area contributed by atoms with E-state index >= 15 is 0 Å². The molecule has 0 saturated heterocycles. The van der Waals surface area contributed by atoms with Crippen LogP contribution in [0, 0.1) is 6.92 Å². The second-order valence-electron chi connectivity index (χ2n) is 6.53. The van der Waals surface area contributed by atoms with Gasteiger partial charge >= 0.3 is 5.97 Å². The number of hydrogen-bond donors (Lipinski definition) is 3. The number of nitrogens with zero attached hydrogens (tertiary/aromatic N) is 3. The fourth-order valence-corrected chi connectivity index (χ4v) is 4.08. The molecule has 0 aliphatic heterocycles. The van der Waals surface area contributed by atoms with E-state index in [1.165, 1.54) is 0 Å². The van der Waals surface area contributed by atoms with Crippen LogP contribution in [0.4, 0.5) is 0 Å². The van der Waals surface area contributed by atoms with Crippen molar-refractivity contribution >= 4 is 28.5 Å². The van der Waals surface area contributed by atoms with Gasteiger partial charge in [0.05, 0.1) is 28.5 Å². The van der Waals surface area contributed by atoms with E-state index in [4.69, 9.17) is 11.6 Å². The number of rotatable bonds is 6. The summed E-state index contributed by atoms with van der Waals surface area (Å²) in [5.41, 5.74) is 4.19. The topological polar surface area (TPSA) is 101 Å². The fraction of sp³-hybridized carbons (Fsp3) is 0.368. The first-order chi connectivity index (χ1) is 12.8. The average molecular weight is 392 g/mol. The molecule has 8 heteroatoms. The maximum Gasteiger partial charge on any atom is 0.352 e. The summed E-state index contributed by atoms with van der Waals surface area (Å²) in [5.74, 6) is -1.03. The molecule has 0 aliphatic rings. The highest BCUT2D eigenvalue weighted by molar-refractivity contribution is 6.35. The first-order valence-corrected chi connectivity index (χ1v) is 8.98. The van der Waals surface area contributed by atoms with Gasteiger partial charge in [-0.2, -0.15) is 5.10 Å². The predicted molar refractivity (Wildman–Crippen MR) is 103 cm³/mol. The number of aromatic carboxylic acids is 1.